The van der Waals surface area contributed by atoms with Gasteiger partial charge in [-0.3, -0.25) is 4.90 Å². The monoisotopic (exact) mass is 551 g/mol. The van der Waals surface area contributed by atoms with Gasteiger partial charge in [0.1, 0.15) is 0 Å². The number of allylic oxidation sites excluding steroid dienone is 1. The maximum Gasteiger partial charge on any atom is 0.416 e. The van der Waals surface area contributed by atoms with Crippen molar-refractivity contribution in [3.63, 3.8) is 0 Å². The number of carbonyl (C=O) groups is 1. The number of alkyl halides is 3. The van der Waals surface area contributed by atoms with Crippen molar-refractivity contribution in [3.05, 3.63) is 70.3 Å². The summed E-state index contributed by atoms with van der Waals surface area (Å²) in [5.74, 6) is -1.10. The molecule has 0 unspecified atom stereocenters. The van der Waals surface area contributed by atoms with Crippen molar-refractivity contribution in [1.82, 2.24) is 14.8 Å². The summed E-state index contributed by atoms with van der Waals surface area (Å²) in [6.07, 6.45) is 3.20. The Kier molecular flexibility index (Phi) is 8.29. The van der Waals surface area contributed by atoms with Crippen LogP contribution in [-0.4, -0.2) is 58.1 Å². The molecule has 0 radical (unpaired) electrons. The third-order valence-electron chi connectivity index (χ3n) is 8.09. The lowest BCUT2D eigenvalue weighted by Crippen LogP contribution is -2.46. The van der Waals surface area contributed by atoms with Crippen molar-refractivity contribution >= 4 is 22.9 Å². The SMILES string of the molecule is CC(C)=Cc1ccc2c(C(=O)O)c(CN3CCC(N4CCCCC4)CC3)c(-c3cccc(C(F)(F)F)c3)nc2c1. The van der Waals surface area contributed by atoms with Crippen LogP contribution in [0.15, 0.2) is 48.0 Å². The highest BCUT2D eigenvalue weighted by Gasteiger charge is 2.32. The van der Waals surface area contributed by atoms with Gasteiger partial charge >= 0.3 is 12.1 Å². The Morgan fingerprint density at radius 1 is 1.02 bits per heavy atom. The van der Waals surface area contributed by atoms with Crippen LogP contribution in [0, 0.1) is 0 Å². The molecular weight excluding hydrogens is 515 g/mol. The van der Waals surface area contributed by atoms with E-state index in [2.05, 4.69) is 9.80 Å². The number of nitrogens with zero attached hydrogens (tertiary/aromatic N) is 3. The Hall–Kier alpha value is -3.23. The Bertz CT molecular complexity index is 1410. The molecule has 8 heteroatoms. The summed E-state index contributed by atoms with van der Waals surface area (Å²) in [5, 5.41) is 10.9. The second-order valence-corrected chi connectivity index (χ2v) is 11.3. The Morgan fingerprint density at radius 3 is 2.40 bits per heavy atom. The van der Waals surface area contributed by atoms with E-state index in [9.17, 15) is 23.1 Å². The first-order valence-electron chi connectivity index (χ1n) is 14.1. The number of aromatic nitrogens is 1. The maximum atomic E-state index is 13.6. The number of rotatable bonds is 6. The predicted octanol–water partition coefficient (Wildman–Crippen LogP) is 7.49. The zero-order valence-electron chi connectivity index (χ0n) is 23.1. The molecule has 2 saturated heterocycles. The second-order valence-electron chi connectivity index (χ2n) is 11.3. The van der Waals surface area contributed by atoms with Crippen LogP contribution in [0.4, 0.5) is 13.2 Å². The summed E-state index contributed by atoms with van der Waals surface area (Å²) in [7, 11) is 0. The molecule has 0 bridgehead atoms. The maximum absolute atomic E-state index is 13.6. The summed E-state index contributed by atoms with van der Waals surface area (Å²) >= 11 is 0. The van der Waals surface area contributed by atoms with Crippen molar-refractivity contribution in [2.75, 3.05) is 26.2 Å². The number of piperidine rings is 2. The fourth-order valence-electron chi connectivity index (χ4n) is 6.17. The van der Waals surface area contributed by atoms with Crippen LogP contribution >= 0.6 is 0 Å². The summed E-state index contributed by atoms with van der Waals surface area (Å²) in [6.45, 7) is 8.13. The second kappa shape index (κ2) is 11.7. The number of carboxylic acid groups (broad SMARTS) is 1. The first-order valence-corrected chi connectivity index (χ1v) is 14.1. The number of hydrogen-bond acceptors (Lipinski definition) is 4. The molecule has 0 atom stereocenters. The smallest absolute Gasteiger partial charge is 0.416 e. The molecule has 0 spiro atoms. The van der Waals surface area contributed by atoms with Crippen LogP contribution in [-0.2, 0) is 12.7 Å². The average molecular weight is 552 g/mol. The van der Waals surface area contributed by atoms with Crippen LogP contribution in [0.5, 0.6) is 0 Å². The summed E-state index contributed by atoms with van der Waals surface area (Å²) in [6, 6.07) is 11.0. The standard InChI is InChI=1S/C32H36F3N3O2/c1-21(2)17-22-9-10-26-28(18-22)36-30(23-7-6-8-24(19-23)32(33,34)35)27(29(26)31(39)40)20-37-15-11-25(12-16-37)38-13-4-3-5-14-38/h6-10,17-19,25H,3-5,11-16,20H2,1-2H3,(H,39,40). The topological polar surface area (TPSA) is 56.7 Å². The molecule has 212 valence electrons. The number of likely N-dealkylation sites (tertiary alicyclic amines) is 2. The van der Waals surface area contributed by atoms with Gasteiger partial charge in [0.05, 0.1) is 22.3 Å². The number of benzene rings is 2. The highest BCUT2D eigenvalue weighted by atomic mass is 19.4. The van der Waals surface area contributed by atoms with E-state index in [1.807, 2.05) is 26.0 Å². The van der Waals surface area contributed by atoms with Crippen molar-refractivity contribution in [3.8, 4) is 11.3 Å². The normalized spacial score (nSPS) is 17.7. The van der Waals surface area contributed by atoms with E-state index in [4.69, 9.17) is 4.98 Å². The molecule has 1 N–H and O–H groups in total. The van der Waals surface area contributed by atoms with Crippen molar-refractivity contribution in [1.29, 1.82) is 0 Å². The zero-order valence-corrected chi connectivity index (χ0v) is 23.1. The number of pyridine rings is 1. The molecule has 2 aliphatic rings. The fourth-order valence-corrected chi connectivity index (χ4v) is 6.17. The van der Waals surface area contributed by atoms with Gasteiger partial charge in [0.2, 0.25) is 0 Å². The largest absolute Gasteiger partial charge is 0.478 e. The number of hydrogen-bond donors (Lipinski definition) is 1. The molecule has 0 saturated carbocycles. The van der Waals surface area contributed by atoms with E-state index in [0.29, 0.717) is 34.7 Å². The van der Waals surface area contributed by atoms with E-state index in [-0.39, 0.29) is 11.1 Å². The molecule has 2 fully saturated rings. The minimum absolute atomic E-state index is 0.110. The van der Waals surface area contributed by atoms with E-state index in [1.54, 1.807) is 18.2 Å². The predicted molar refractivity (Wildman–Crippen MR) is 152 cm³/mol. The van der Waals surface area contributed by atoms with Crippen LogP contribution < -0.4 is 0 Å². The summed E-state index contributed by atoms with van der Waals surface area (Å²) < 4.78 is 40.9. The molecule has 5 nitrogen and oxygen atoms in total. The molecule has 3 aromatic rings. The quantitative estimate of drug-likeness (QED) is 0.344. The fraction of sp³-hybridized carbons (Fsp3) is 0.438. The lowest BCUT2D eigenvalue weighted by molar-refractivity contribution is -0.137. The average Bonchev–Trinajstić information content (AvgIpc) is 2.92. The minimum atomic E-state index is -4.52. The number of carboxylic acids is 1. The Labute approximate surface area is 233 Å². The van der Waals surface area contributed by atoms with Crippen molar-refractivity contribution < 1.29 is 23.1 Å². The highest BCUT2D eigenvalue weighted by molar-refractivity contribution is 6.06. The van der Waals surface area contributed by atoms with Crippen molar-refractivity contribution in [2.24, 2.45) is 0 Å². The van der Waals surface area contributed by atoms with Crippen molar-refractivity contribution in [2.45, 2.75) is 64.7 Å². The molecule has 0 aliphatic carbocycles. The number of halogens is 3. The molecule has 5 rings (SSSR count). The van der Waals surface area contributed by atoms with Gasteiger partial charge in [-0.15, -0.1) is 0 Å². The molecule has 40 heavy (non-hydrogen) atoms. The molecule has 2 aromatic carbocycles. The lowest BCUT2D eigenvalue weighted by atomic mass is 9.93. The first-order chi connectivity index (χ1) is 19.1. The van der Waals surface area contributed by atoms with Crippen LogP contribution in [0.25, 0.3) is 28.2 Å². The Balaban J connectivity index is 1.58. The number of fused-ring (bicyclic) bond motifs is 1. The van der Waals surface area contributed by atoms with Gasteiger partial charge in [0.25, 0.3) is 0 Å². The van der Waals surface area contributed by atoms with E-state index < -0.39 is 17.7 Å². The minimum Gasteiger partial charge on any atom is -0.478 e. The van der Waals surface area contributed by atoms with Gasteiger partial charge in [-0.1, -0.05) is 42.3 Å². The summed E-state index contributed by atoms with van der Waals surface area (Å²) in [4.78, 5) is 22.4. The van der Waals surface area contributed by atoms with Gasteiger partial charge in [-0.25, -0.2) is 9.78 Å². The van der Waals surface area contributed by atoms with Crippen LogP contribution in [0.1, 0.15) is 73.0 Å². The van der Waals surface area contributed by atoms with E-state index in [0.717, 1.165) is 62.3 Å². The molecule has 3 heterocycles. The van der Waals surface area contributed by atoms with Crippen LogP contribution in [0.3, 0.4) is 0 Å². The molecule has 1 aromatic heterocycles. The lowest BCUT2D eigenvalue weighted by Gasteiger charge is -2.40. The van der Waals surface area contributed by atoms with E-state index in [1.165, 1.54) is 25.3 Å². The summed E-state index contributed by atoms with van der Waals surface area (Å²) in [5.41, 5.74) is 2.74. The zero-order chi connectivity index (χ0) is 28.4. The highest BCUT2D eigenvalue weighted by Crippen LogP contribution is 2.36. The molecule has 2 aliphatic heterocycles. The van der Waals surface area contributed by atoms with Gasteiger partial charge in [0, 0.05) is 29.1 Å². The number of aromatic carboxylic acids is 1. The molecular formula is C32H36F3N3O2. The molecule has 0 amide bonds. The van der Waals surface area contributed by atoms with Gasteiger partial charge in [-0.05, 0) is 89.5 Å². The Morgan fingerprint density at radius 2 is 1.75 bits per heavy atom. The van der Waals surface area contributed by atoms with Gasteiger partial charge in [-0.2, -0.15) is 13.2 Å². The van der Waals surface area contributed by atoms with Gasteiger partial charge in [0.15, 0.2) is 0 Å². The third-order valence-corrected chi connectivity index (χ3v) is 8.09. The van der Waals surface area contributed by atoms with Crippen LogP contribution in [0.2, 0.25) is 0 Å². The van der Waals surface area contributed by atoms with Gasteiger partial charge < -0.3 is 10.0 Å². The van der Waals surface area contributed by atoms with E-state index >= 15 is 0 Å². The third kappa shape index (κ3) is 6.23. The first kappa shape index (κ1) is 28.3.